The molecule has 1 N–H and O–H groups in total. The molecule has 4 nitrogen and oxygen atoms in total. The van der Waals surface area contributed by atoms with E-state index in [1.807, 2.05) is 6.07 Å². The van der Waals surface area contributed by atoms with Crippen LogP contribution >= 0.6 is 23.2 Å². The topological polar surface area (TPSA) is 45.2 Å². The van der Waals surface area contributed by atoms with E-state index in [-0.39, 0.29) is 11.7 Å². The van der Waals surface area contributed by atoms with Gasteiger partial charge in [-0.05, 0) is 42.2 Å². The van der Waals surface area contributed by atoms with Crippen molar-refractivity contribution < 1.29 is 18.0 Å². The Hall–Kier alpha value is -1.99. The average Bonchev–Trinajstić information content (AvgIpc) is 3.07. The Bertz CT molecular complexity index is 972. The maximum atomic E-state index is 13.8. The lowest BCUT2D eigenvalue weighted by Crippen LogP contribution is -2.44. The van der Waals surface area contributed by atoms with Crippen molar-refractivity contribution in [2.24, 2.45) is 5.41 Å². The minimum Gasteiger partial charge on any atom is -0.380 e. The highest BCUT2D eigenvalue weighted by Gasteiger charge is 2.47. The van der Waals surface area contributed by atoms with Crippen LogP contribution in [0.3, 0.4) is 0 Å². The highest BCUT2D eigenvalue weighted by molar-refractivity contribution is 6.42. The molecular weight excluding hydrogens is 450 g/mol. The van der Waals surface area contributed by atoms with Gasteiger partial charge < -0.3 is 10.2 Å². The lowest BCUT2D eigenvalue weighted by atomic mass is 9.93. The van der Waals surface area contributed by atoms with E-state index in [1.165, 1.54) is 12.3 Å². The summed E-state index contributed by atoms with van der Waals surface area (Å²) in [7, 11) is 1.16. The number of halogens is 5. The summed E-state index contributed by atoms with van der Waals surface area (Å²) in [5.41, 5.74) is 1.49. The fourth-order valence-electron chi connectivity index (χ4n) is 3.85. The number of nitrogens with one attached hydrogen (secondary N) is 1. The molecule has 1 amide bonds. The molecule has 1 aliphatic carbocycles. The first-order valence-electron chi connectivity index (χ1n) is 9.81. The molecule has 1 unspecified atom stereocenters. The maximum absolute atomic E-state index is 13.8. The summed E-state index contributed by atoms with van der Waals surface area (Å²) < 4.78 is 41.3. The minimum absolute atomic E-state index is 0.0298. The second-order valence-electron chi connectivity index (χ2n) is 8.83. The number of benzene rings is 1. The fraction of sp³-hybridized carbons (Fsp3) is 0.455. The van der Waals surface area contributed by atoms with Crippen LogP contribution in [0.25, 0.3) is 0 Å². The van der Waals surface area contributed by atoms with Gasteiger partial charge in [-0.3, -0.25) is 9.78 Å². The Labute approximate surface area is 189 Å². The molecule has 0 saturated heterocycles. The number of carbonyl (C=O) groups excluding carboxylic acids is 1. The molecule has 9 heteroatoms. The average molecular weight is 474 g/mol. The van der Waals surface area contributed by atoms with Crippen LogP contribution in [0.5, 0.6) is 0 Å². The lowest BCUT2D eigenvalue weighted by Gasteiger charge is -2.33. The molecule has 0 radical (unpaired) electrons. The number of hydrogen-bond acceptors (Lipinski definition) is 3. The fourth-order valence-corrected chi connectivity index (χ4v) is 4.29. The summed E-state index contributed by atoms with van der Waals surface area (Å²) in [5.74, 6) is -0.613. The molecule has 31 heavy (non-hydrogen) atoms. The van der Waals surface area contributed by atoms with E-state index in [0.717, 1.165) is 29.5 Å². The number of pyridine rings is 1. The first kappa shape index (κ1) is 23.7. The number of rotatable bonds is 4. The quantitative estimate of drug-likeness (QED) is 0.585. The SMILES string of the molecule is CN(C(=O)C(C)(C)C)[C@@H](c1ccc(NC2Cc3ccc(Cl)c(Cl)c3C2)cn1)C(F)(F)F. The van der Waals surface area contributed by atoms with E-state index >= 15 is 0 Å². The first-order chi connectivity index (χ1) is 14.3. The second kappa shape index (κ2) is 8.51. The predicted molar refractivity (Wildman–Crippen MR) is 117 cm³/mol. The number of alkyl halides is 3. The van der Waals surface area contributed by atoms with Gasteiger partial charge in [-0.15, -0.1) is 0 Å². The number of aromatic nitrogens is 1. The third-order valence-electron chi connectivity index (χ3n) is 5.31. The smallest absolute Gasteiger partial charge is 0.380 e. The summed E-state index contributed by atoms with van der Waals surface area (Å²) in [4.78, 5) is 17.2. The highest BCUT2D eigenvalue weighted by atomic mass is 35.5. The molecule has 1 aliphatic rings. The molecule has 1 heterocycles. The number of carbonyl (C=O) groups is 1. The molecule has 3 rings (SSSR count). The van der Waals surface area contributed by atoms with E-state index in [0.29, 0.717) is 22.2 Å². The van der Waals surface area contributed by atoms with Crippen LogP contribution in [-0.2, 0) is 17.6 Å². The van der Waals surface area contributed by atoms with Gasteiger partial charge in [0.05, 0.1) is 27.6 Å². The number of fused-ring (bicyclic) bond motifs is 1. The van der Waals surface area contributed by atoms with Crippen LogP contribution in [-0.4, -0.2) is 35.1 Å². The van der Waals surface area contributed by atoms with Crippen molar-refractivity contribution in [3.63, 3.8) is 0 Å². The van der Waals surface area contributed by atoms with Crippen LogP contribution in [0.1, 0.15) is 43.6 Å². The Balaban J connectivity index is 1.77. The van der Waals surface area contributed by atoms with Crippen molar-refractivity contribution in [1.29, 1.82) is 0 Å². The Kier molecular flexibility index (Phi) is 6.50. The van der Waals surface area contributed by atoms with Gasteiger partial charge in [-0.25, -0.2) is 0 Å². The van der Waals surface area contributed by atoms with Gasteiger partial charge in [-0.1, -0.05) is 50.0 Å². The molecule has 2 aromatic rings. The normalized spacial score (nSPS) is 17.3. The van der Waals surface area contributed by atoms with Crippen molar-refractivity contribution in [2.75, 3.05) is 12.4 Å². The van der Waals surface area contributed by atoms with Gasteiger partial charge in [0.2, 0.25) is 5.91 Å². The zero-order valence-corrected chi connectivity index (χ0v) is 19.2. The van der Waals surface area contributed by atoms with E-state index in [2.05, 4.69) is 10.3 Å². The van der Waals surface area contributed by atoms with Gasteiger partial charge in [0.1, 0.15) is 0 Å². The zero-order valence-electron chi connectivity index (χ0n) is 17.6. The van der Waals surface area contributed by atoms with Crippen LogP contribution in [0, 0.1) is 5.41 Å². The molecule has 0 fully saturated rings. The molecule has 0 spiro atoms. The first-order valence-corrected chi connectivity index (χ1v) is 10.6. The third-order valence-corrected chi connectivity index (χ3v) is 6.15. The predicted octanol–water partition coefficient (Wildman–Crippen LogP) is 6.08. The second-order valence-corrected chi connectivity index (χ2v) is 9.62. The minimum atomic E-state index is -4.65. The standard InChI is InChI=1S/C22H24Cl2F3N3O/c1-21(2,3)20(31)30(4)19(22(25,26)27)17-8-6-13(11-28-17)29-14-9-12-5-7-16(23)18(24)15(12)10-14/h5-8,11,14,19,29H,9-10H2,1-4H3/t14?,19-/m0/s1. The van der Waals surface area contributed by atoms with Gasteiger partial charge >= 0.3 is 6.18 Å². The van der Waals surface area contributed by atoms with Crippen LogP contribution in [0.2, 0.25) is 10.0 Å². The van der Waals surface area contributed by atoms with E-state index < -0.39 is 23.5 Å². The summed E-state index contributed by atoms with van der Waals surface area (Å²) in [6.07, 6.45) is -1.91. The lowest BCUT2D eigenvalue weighted by molar-refractivity contribution is -0.192. The van der Waals surface area contributed by atoms with Gasteiger partial charge in [0, 0.05) is 18.5 Å². The Morgan fingerprint density at radius 3 is 2.39 bits per heavy atom. The molecule has 1 aromatic heterocycles. The molecule has 0 saturated carbocycles. The summed E-state index contributed by atoms with van der Waals surface area (Å²) in [6, 6.07) is 4.45. The summed E-state index contributed by atoms with van der Waals surface area (Å²) in [6.45, 7) is 4.75. The summed E-state index contributed by atoms with van der Waals surface area (Å²) in [5, 5.41) is 4.33. The number of anilines is 1. The Morgan fingerprint density at radius 2 is 1.84 bits per heavy atom. The molecule has 2 atom stereocenters. The van der Waals surface area contributed by atoms with Crippen molar-refractivity contribution in [1.82, 2.24) is 9.88 Å². The van der Waals surface area contributed by atoms with Crippen LogP contribution < -0.4 is 5.32 Å². The van der Waals surface area contributed by atoms with Crippen molar-refractivity contribution in [2.45, 2.75) is 51.9 Å². The van der Waals surface area contributed by atoms with Gasteiger partial charge in [-0.2, -0.15) is 13.2 Å². The number of nitrogens with zero attached hydrogens (tertiary/aromatic N) is 2. The highest BCUT2D eigenvalue weighted by Crippen LogP contribution is 2.39. The molecule has 0 aliphatic heterocycles. The van der Waals surface area contributed by atoms with Gasteiger partial charge in [0.25, 0.3) is 0 Å². The monoisotopic (exact) mass is 473 g/mol. The molecule has 0 bridgehead atoms. The van der Waals surface area contributed by atoms with Crippen molar-refractivity contribution in [3.8, 4) is 0 Å². The van der Waals surface area contributed by atoms with Crippen LogP contribution in [0.4, 0.5) is 18.9 Å². The van der Waals surface area contributed by atoms with E-state index in [9.17, 15) is 18.0 Å². The third kappa shape index (κ3) is 5.09. The van der Waals surface area contributed by atoms with Crippen molar-refractivity contribution >= 4 is 34.8 Å². The van der Waals surface area contributed by atoms with Crippen molar-refractivity contribution in [3.05, 3.63) is 57.3 Å². The number of amides is 1. The summed E-state index contributed by atoms with van der Waals surface area (Å²) >= 11 is 12.4. The Morgan fingerprint density at radius 1 is 1.16 bits per heavy atom. The molecular formula is C22H24Cl2F3N3O. The number of hydrogen-bond donors (Lipinski definition) is 1. The zero-order chi connectivity index (χ0) is 23.1. The van der Waals surface area contributed by atoms with Crippen LogP contribution in [0.15, 0.2) is 30.5 Å². The van der Waals surface area contributed by atoms with E-state index in [1.54, 1.807) is 32.9 Å². The largest absolute Gasteiger partial charge is 0.414 e. The van der Waals surface area contributed by atoms with E-state index in [4.69, 9.17) is 23.2 Å². The maximum Gasteiger partial charge on any atom is 0.414 e. The molecule has 1 aromatic carbocycles. The molecule has 168 valence electrons. The van der Waals surface area contributed by atoms with Gasteiger partial charge in [0.15, 0.2) is 6.04 Å².